The van der Waals surface area contributed by atoms with E-state index in [0.717, 1.165) is 0 Å². The van der Waals surface area contributed by atoms with Crippen LogP contribution < -0.4 is 5.73 Å². The van der Waals surface area contributed by atoms with Gasteiger partial charge in [-0.2, -0.15) is 13.2 Å². The fourth-order valence-corrected chi connectivity index (χ4v) is 2.62. The zero-order valence-electron chi connectivity index (χ0n) is 10.7. The molecule has 0 aliphatic rings. The number of hydrogen-bond donors (Lipinski definition) is 1. The van der Waals surface area contributed by atoms with Crippen LogP contribution in [0.15, 0.2) is 30.3 Å². The Morgan fingerprint density at radius 3 is 2.00 bits per heavy atom. The lowest BCUT2D eigenvalue weighted by Gasteiger charge is -2.32. The molecule has 18 heavy (non-hydrogen) atoms. The maximum atomic E-state index is 13.0. The highest BCUT2D eigenvalue weighted by Gasteiger charge is 2.46. The van der Waals surface area contributed by atoms with Gasteiger partial charge < -0.3 is 10.2 Å². The molecule has 1 rings (SSSR count). The molecule has 0 fully saturated rings. The van der Waals surface area contributed by atoms with E-state index in [1.165, 1.54) is 0 Å². The van der Waals surface area contributed by atoms with Crippen LogP contribution >= 0.6 is 0 Å². The first-order chi connectivity index (χ1) is 8.11. The Morgan fingerprint density at radius 1 is 1.11 bits per heavy atom. The van der Waals surface area contributed by atoms with Gasteiger partial charge in [0.2, 0.25) is 0 Å². The van der Waals surface area contributed by atoms with Crippen LogP contribution in [-0.4, -0.2) is 20.6 Å². The van der Waals surface area contributed by atoms with Crippen LogP contribution in [0.25, 0.3) is 0 Å². The van der Waals surface area contributed by atoms with Crippen molar-refractivity contribution in [3.63, 3.8) is 0 Å². The SMILES string of the molecule is C[Si](C)(C)OC(C(N)c1ccccc1)C(F)(F)F. The van der Waals surface area contributed by atoms with Crippen molar-refractivity contribution >= 4 is 8.32 Å². The summed E-state index contributed by atoms with van der Waals surface area (Å²) in [6.45, 7) is 5.14. The van der Waals surface area contributed by atoms with E-state index in [2.05, 4.69) is 0 Å². The molecule has 6 heteroatoms. The Balaban J connectivity index is 2.97. The zero-order valence-corrected chi connectivity index (χ0v) is 11.7. The number of nitrogens with two attached hydrogens (primary N) is 1. The number of hydrogen-bond acceptors (Lipinski definition) is 2. The Bertz CT molecular complexity index is 375. The number of benzene rings is 1. The third-order valence-electron chi connectivity index (χ3n) is 2.31. The van der Waals surface area contributed by atoms with Gasteiger partial charge in [0.25, 0.3) is 0 Å². The largest absolute Gasteiger partial charge is 0.415 e. The van der Waals surface area contributed by atoms with Gasteiger partial charge in [0, 0.05) is 0 Å². The lowest BCUT2D eigenvalue weighted by atomic mass is 10.0. The molecule has 0 radical (unpaired) electrons. The average Bonchev–Trinajstić information content (AvgIpc) is 2.24. The van der Waals surface area contributed by atoms with Crippen molar-refractivity contribution in [1.29, 1.82) is 0 Å². The van der Waals surface area contributed by atoms with Gasteiger partial charge in [-0.15, -0.1) is 0 Å². The van der Waals surface area contributed by atoms with Gasteiger partial charge in [0.15, 0.2) is 14.4 Å². The van der Waals surface area contributed by atoms with E-state index < -0.39 is 26.6 Å². The third kappa shape index (κ3) is 4.43. The van der Waals surface area contributed by atoms with E-state index in [-0.39, 0.29) is 0 Å². The second-order valence-corrected chi connectivity index (χ2v) is 9.59. The lowest BCUT2D eigenvalue weighted by molar-refractivity contribution is -0.204. The maximum absolute atomic E-state index is 13.0. The molecular weight excluding hydrogens is 259 g/mol. The van der Waals surface area contributed by atoms with Gasteiger partial charge in [-0.1, -0.05) is 30.3 Å². The summed E-state index contributed by atoms with van der Waals surface area (Å²) in [7, 11) is -2.33. The number of alkyl halides is 3. The molecule has 2 nitrogen and oxygen atoms in total. The van der Waals surface area contributed by atoms with Crippen molar-refractivity contribution in [1.82, 2.24) is 0 Å². The zero-order chi connectivity index (χ0) is 14.0. The molecule has 2 unspecified atom stereocenters. The van der Waals surface area contributed by atoms with E-state index >= 15 is 0 Å². The quantitative estimate of drug-likeness (QED) is 0.855. The van der Waals surface area contributed by atoms with Gasteiger partial charge in [-0.25, -0.2) is 0 Å². The molecule has 2 atom stereocenters. The average molecular weight is 277 g/mol. The Morgan fingerprint density at radius 2 is 1.61 bits per heavy atom. The monoisotopic (exact) mass is 277 g/mol. The first-order valence-electron chi connectivity index (χ1n) is 5.66. The van der Waals surface area contributed by atoms with Crippen LogP contribution in [0.2, 0.25) is 19.6 Å². The minimum absolute atomic E-state index is 0.429. The van der Waals surface area contributed by atoms with Crippen LogP contribution in [0.3, 0.4) is 0 Å². The molecule has 0 amide bonds. The summed E-state index contributed by atoms with van der Waals surface area (Å²) in [6.07, 6.45) is -6.42. The van der Waals surface area contributed by atoms with Gasteiger partial charge >= 0.3 is 6.18 Å². The van der Waals surface area contributed by atoms with E-state index in [9.17, 15) is 13.2 Å². The number of rotatable bonds is 4. The maximum Gasteiger partial charge on any atom is 0.415 e. The van der Waals surface area contributed by atoms with Crippen molar-refractivity contribution < 1.29 is 17.6 Å². The summed E-state index contributed by atoms with van der Waals surface area (Å²) in [5, 5.41) is 0. The molecule has 0 aliphatic heterocycles. The highest BCUT2D eigenvalue weighted by atomic mass is 28.4. The molecule has 1 aromatic rings. The van der Waals surface area contributed by atoms with Gasteiger partial charge in [0.1, 0.15) is 0 Å². The van der Waals surface area contributed by atoms with E-state index in [4.69, 9.17) is 10.2 Å². The van der Waals surface area contributed by atoms with E-state index in [1.54, 1.807) is 50.0 Å². The molecule has 102 valence electrons. The van der Waals surface area contributed by atoms with E-state index in [0.29, 0.717) is 5.56 Å². The van der Waals surface area contributed by atoms with Crippen molar-refractivity contribution in [2.24, 2.45) is 5.73 Å². The van der Waals surface area contributed by atoms with E-state index in [1.807, 2.05) is 0 Å². The first kappa shape index (κ1) is 15.2. The predicted molar refractivity (Wildman–Crippen MR) is 67.6 cm³/mol. The van der Waals surface area contributed by atoms with Crippen LogP contribution in [0.5, 0.6) is 0 Å². The number of halogens is 3. The summed E-state index contributed by atoms with van der Waals surface area (Å²) in [6, 6.07) is 7.03. The standard InChI is InChI=1S/C12H18F3NOSi/c1-18(2,3)17-11(12(13,14)15)10(16)9-7-5-4-6-8-9/h4-8,10-11H,16H2,1-3H3. The van der Waals surface area contributed by atoms with Gasteiger partial charge in [-0.05, 0) is 25.2 Å². The second kappa shape index (κ2) is 5.42. The molecule has 1 aromatic carbocycles. The normalized spacial score (nSPS) is 16.4. The smallest absolute Gasteiger partial charge is 0.405 e. The first-order valence-corrected chi connectivity index (χ1v) is 9.07. The van der Waals surface area contributed by atoms with Gasteiger partial charge in [0.05, 0.1) is 6.04 Å². The minimum Gasteiger partial charge on any atom is -0.405 e. The summed E-state index contributed by atoms with van der Waals surface area (Å²) < 4.78 is 44.2. The van der Waals surface area contributed by atoms with Crippen LogP contribution in [0.4, 0.5) is 13.2 Å². The second-order valence-electron chi connectivity index (χ2n) is 5.13. The molecule has 0 saturated heterocycles. The fourth-order valence-electron chi connectivity index (χ4n) is 1.57. The van der Waals surface area contributed by atoms with Crippen LogP contribution in [-0.2, 0) is 4.43 Å². The highest BCUT2D eigenvalue weighted by molar-refractivity contribution is 6.69. The molecule has 0 spiro atoms. The molecule has 0 aromatic heterocycles. The van der Waals surface area contributed by atoms with Crippen molar-refractivity contribution in [3.05, 3.63) is 35.9 Å². The van der Waals surface area contributed by atoms with Crippen molar-refractivity contribution in [2.45, 2.75) is 38.0 Å². The van der Waals surface area contributed by atoms with Crippen LogP contribution in [0, 0.1) is 0 Å². The van der Waals surface area contributed by atoms with Gasteiger partial charge in [-0.3, -0.25) is 0 Å². The van der Waals surface area contributed by atoms with Crippen molar-refractivity contribution in [3.8, 4) is 0 Å². The molecule has 2 N–H and O–H groups in total. The molecule has 0 aliphatic carbocycles. The molecule has 0 saturated carbocycles. The topological polar surface area (TPSA) is 35.2 Å². The Kier molecular flexibility index (Phi) is 4.58. The minimum atomic E-state index is -4.46. The summed E-state index contributed by atoms with van der Waals surface area (Å²) in [5.41, 5.74) is 6.14. The fraction of sp³-hybridized carbons (Fsp3) is 0.500. The molecule has 0 bridgehead atoms. The predicted octanol–water partition coefficient (Wildman–Crippen LogP) is 3.47. The summed E-state index contributed by atoms with van der Waals surface area (Å²) in [4.78, 5) is 0. The third-order valence-corrected chi connectivity index (χ3v) is 3.27. The molecule has 0 heterocycles. The summed E-state index contributed by atoms with van der Waals surface area (Å²) in [5.74, 6) is 0. The Labute approximate surface area is 106 Å². The summed E-state index contributed by atoms with van der Waals surface area (Å²) >= 11 is 0. The lowest BCUT2D eigenvalue weighted by Crippen LogP contribution is -2.47. The van der Waals surface area contributed by atoms with Crippen LogP contribution in [0.1, 0.15) is 11.6 Å². The highest BCUT2D eigenvalue weighted by Crippen LogP contribution is 2.33. The molecular formula is C12H18F3NOSi. The Hall–Kier alpha value is -0.853. The van der Waals surface area contributed by atoms with Crippen molar-refractivity contribution in [2.75, 3.05) is 0 Å².